The number of hydrogen-bond acceptors (Lipinski definition) is 3. The number of thiazole rings is 1. The zero-order valence-electron chi connectivity index (χ0n) is 13.8. The molecule has 5 heteroatoms. The Morgan fingerprint density at radius 2 is 1.96 bits per heavy atom. The van der Waals surface area contributed by atoms with Crippen LogP contribution in [0.1, 0.15) is 16.7 Å². The quantitative estimate of drug-likeness (QED) is 0.505. The third-order valence-electron chi connectivity index (χ3n) is 4.76. The Kier molecular flexibility index (Phi) is 2.91. The molecule has 3 heterocycles. The molecular weight excluding hydrogens is 330 g/mol. The van der Waals surface area contributed by atoms with Gasteiger partial charge in [0, 0.05) is 22.7 Å². The summed E-state index contributed by atoms with van der Waals surface area (Å²) in [6, 6.07) is 12.2. The van der Waals surface area contributed by atoms with E-state index in [0.717, 1.165) is 32.5 Å². The fourth-order valence-electron chi connectivity index (χ4n) is 3.27. The first-order chi connectivity index (χ1) is 12.1. The topological polar surface area (TPSA) is 50.2 Å². The molecule has 0 unspecified atom stereocenters. The number of rotatable bonds is 1. The monoisotopic (exact) mass is 345 g/mol. The first kappa shape index (κ1) is 14.4. The number of H-pyrrole nitrogens is 1. The summed E-state index contributed by atoms with van der Waals surface area (Å²) in [6.45, 7) is 4.13. The summed E-state index contributed by atoms with van der Waals surface area (Å²) in [6.07, 6.45) is 3.89. The van der Waals surface area contributed by atoms with E-state index >= 15 is 0 Å². The molecule has 0 radical (unpaired) electrons. The van der Waals surface area contributed by atoms with E-state index in [1.165, 1.54) is 22.5 Å². The summed E-state index contributed by atoms with van der Waals surface area (Å²) in [5.74, 6) is 0. The molecule has 4 nitrogen and oxygen atoms in total. The minimum absolute atomic E-state index is 0.00367. The fourth-order valence-corrected chi connectivity index (χ4v) is 4.25. The number of hydrogen-bond donors (Lipinski definition) is 1. The van der Waals surface area contributed by atoms with Gasteiger partial charge in [0.25, 0.3) is 5.56 Å². The lowest BCUT2D eigenvalue weighted by Gasteiger charge is -1.98. The lowest BCUT2D eigenvalue weighted by molar-refractivity contribution is 1.18. The van der Waals surface area contributed by atoms with Crippen LogP contribution in [0.25, 0.3) is 33.0 Å². The van der Waals surface area contributed by atoms with Crippen molar-refractivity contribution in [2.24, 2.45) is 0 Å². The molecular formula is C20H15N3OS. The molecule has 0 aliphatic carbocycles. The zero-order chi connectivity index (χ0) is 17.1. The van der Waals surface area contributed by atoms with E-state index in [1.807, 2.05) is 42.6 Å². The van der Waals surface area contributed by atoms with E-state index in [-0.39, 0.29) is 5.56 Å². The van der Waals surface area contributed by atoms with E-state index in [1.54, 1.807) is 4.40 Å². The lowest BCUT2D eigenvalue weighted by atomic mass is 10.1. The molecule has 0 amide bonds. The number of nitrogens with one attached hydrogen (secondary N) is 1. The summed E-state index contributed by atoms with van der Waals surface area (Å²) in [5, 5.41) is 1.12. The number of aryl methyl sites for hydroxylation is 2. The maximum atomic E-state index is 13.0. The second-order valence-electron chi connectivity index (χ2n) is 6.36. The van der Waals surface area contributed by atoms with Crippen LogP contribution in [0.4, 0.5) is 0 Å². The standard InChI is InChI=1S/C20H15N3OS/c1-11-7-16-17(8-12(11)2)23-19(24)18(25-20(23)22-16)9-13-10-21-15-6-4-3-5-14(13)15/h3-10,21H,1-2H3/b18-9-. The van der Waals surface area contributed by atoms with Crippen molar-refractivity contribution in [3.05, 3.63) is 74.2 Å². The average Bonchev–Trinajstić information content (AvgIpc) is 3.24. The van der Waals surface area contributed by atoms with E-state index in [2.05, 4.69) is 29.9 Å². The first-order valence-corrected chi connectivity index (χ1v) is 8.93. The highest BCUT2D eigenvalue weighted by atomic mass is 32.1. The van der Waals surface area contributed by atoms with Gasteiger partial charge in [0.1, 0.15) is 0 Å². The third-order valence-corrected chi connectivity index (χ3v) is 5.73. The molecule has 5 aromatic rings. The van der Waals surface area contributed by atoms with Crippen LogP contribution in [0.5, 0.6) is 0 Å². The average molecular weight is 345 g/mol. The number of fused-ring (bicyclic) bond motifs is 4. The predicted octanol–water partition coefficient (Wildman–Crippen LogP) is 3.56. The van der Waals surface area contributed by atoms with Gasteiger partial charge < -0.3 is 4.98 Å². The van der Waals surface area contributed by atoms with Crippen LogP contribution in [0, 0.1) is 13.8 Å². The summed E-state index contributed by atoms with van der Waals surface area (Å²) in [4.78, 5) is 21.6. The minimum Gasteiger partial charge on any atom is -0.361 e. The van der Waals surface area contributed by atoms with Crippen molar-refractivity contribution in [3.63, 3.8) is 0 Å². The molecule has 0 saturated heterocycles. The van der Waals surface area contributed by atoms with Crippen molar-refractivity contribution in [1.29, 1.82) is 0 Å². The zero-order valence-corrected chi connectivity index (χ0v) is 14.6. The van der Waals surface area contributed by atoms with Gasteiger partial charge in [-0.25, -0.2) is 9.38 Å². The molecule has 0 atom stereocenters. The van der Waals surface area contributed by atoms with Gasteiger partial charge in [0.15, 0.2) is 4.96 Å². The Balaban J connectivity index is 1.81. The third kappa shape index (κ3) is 2.06. The minimum atomic E-state index is -0.00367. The van der Waals surface area contributed by atoms with Crippen molar-refractivity contribution >= 4 is 44.3 Å². The van der Waals surface area contributed by atoms with Gasteiger partial charge >= 0.3 is 0 Å². The Bertz CT molecular complexity index is 1390. The normalized spacial score (nSPS) is 12.8. The number of imidazole rings is 1. The number of aromatic nitrogens is 3. The van der Waals surface area contributed by atoms with Gasteiger partial charge in [0.05, 0.1) is 15.6 Å². The number of benzene rings is 2. The highest BCUT2D eigenvalue weighted by Gasteiger charge is 2.12. The van der Waals surface area contributed by atoms with Gasteiger partial charge in [-0.15, -0.1) is 0 Å². The van der Waals surface area contributed by atoms with Gasteiger partial charge in [-0.05, 0) is 49.2 Å². The number of para-hydroxylation sites is 1. The molecule has 0 fully saturated rings. The molecule has 0 aliphatic rings. The Morgan fingerprint density at radius 3 is 2.84 bits per heavy atom. The van der Waals surface area contributed by atoms with E-state index in [4.69, 9.17) is 0 Å². The van der Waals surface area contributed by atoms with Crippen LogP contribution in [0.3, 0.4) is 0 Å². The molecule has 2 aromatic carbocycles. The van der Waals surface area contributed by atoms with Crippen molar-refractivity contribution in [2.45, 2.75) is 13.8 Å². The smallest absolute Gasteiger partial charge is 0.274 e. The molecule has 3 aromatic heterocycles. The second-order valence-corrected chi connectivity index (χ2v) is 7.37. The van der Waals surface area contributed by atoms with E-state index in [9.17, 15) is 4.79 Å². The molecule has 25 heavy (non-hydrogen) atoms. The van der Waals surface area contributed by atoms with Crippen LogP contribution in [-0.4, -0.2) is 14.4 Å². The molecule has 0 saturated carbocycles. The van der Waals surface area contributed by atoms with Gasteiger partial charge in [-0.2, -0.15) is 0 Å². The molecule has 5 rings (SSSR count). The summed E-state index contributed by atoms with van der Waals surface area (Å²) in [5.41, 5.74) is 6.21. The van der Waals surface area contributed by atoms with Crippen LogP contribution < -0.4 is 10.1 Å². The van der Waals surface area contributed by atoms with Gasteiger partial charge in [0.2, 0.25) is 0 Å². The summed E-state index contributed by atoms with van der Waals surface area (Å²) >= 11 is 1.44. The number of aromatic amines is 1. The fraction of sp³-hybridized carbons (Fsp3) is 0.100. The van der Waals surface area contributed by atoms with Crippen LogP contribution in [0.15, 0.2) is 47.4 Å². The van der Waals surface area contributed by atoms with Crippen molar-refractivity contribution in [1.82, 2.24) is 14.4 Å². The Labute approximate surface area is 147 Å². The van der Waals surface area contributed by atoms with Crippen LogP contribution in [-0.2, 0) is 0 Å². The summed E-state index contributed by atoms with van der Waals surface area (Å²) in [7, 11) is 0. The lowest BCUT2D eigenvalue weighted by Crippen LogP contribution is -2.22. The molecule has 0 aliphatic heterocycles. The van der Waals surface area contributed by atoms with Crippen LogP contribution in [0.2, 0.25) is 0 Å². The largest absolute Gasteiger partial charge is 0.361 e. The highest BCUT2D eigenvalue weighted by Crippen LogP contribution is 2.21. The second kappa shape index (κ2) is 5.04. The molecule has 0 bridgehead atoms. The van der Waals surface area contributed by atoms with Crippen molar-refractivity contribution in [3.8, 4) is 0 Å². The van der Waals surface area contributed by atoms with Crippen molar-refractivity contribution in [2.75, 3.05) is 0 Å². The van der Waals surface area contributed by atoms with Crippen LogP contribution >= 0.6 is 11.3 Å². The molecule has 122 valence electrons. The van der Waals surface area contributed by atoms with E-state index in [0.29, 0.717) is 4.53 Å². The van der Waals surface area contributed by atoms with Gasteiger partial charge in [-0.3, -0.25) is 4.79 Å². The highest BCUT2D eigenvalue weighted by molar-refractivity contribution is 7.15. The first-order valence-electron chi connectivity index (χ1n) is 8.12. The molecule has 0 spiro atoms. The Hall–Kier alpha value is -2.92. The number of nitrogens with zero attached hydrogens (tertiary/aromatic N) is 2. The maximum absolute atomic E-state index is 13.0. The van der Waals surface area contributed by atoms with Gasteiger partial charge in [-0.1, -0.05) is 29.5 Å². The maximum Gasteiger partial charge on any atom is 0.274 e. The SMILES string of the molecule is Cc1cc2nc3s/c(=C\c4c[nH]c5ccccc45)c(=O)n3c2cc1C. The summed E-state index contributed by atoms with van der Waals surface area (Å²) < 4.78 is 2.43. The predicted molar refractivity (Wildman–Crippen MR) is 103 cm³/mol. The van der Waals surface area contributed by atoms with E-state index < -0.39 is 0 Å². The van der Waals surface area contributed by atoms with Crippen molar-refractivity contribution < 1.29 is 0 Å². The molecule has 1 N–H and O–H groups in total. The Morgan fingerprint density at radius 1 is 1.16 bits per heavy atom.